The summed E-state index contributed by atoms with van der Waals surface area (Å²) in [6, 6.07) is 1.15. The lowest BCUT2D eigenvalue weighted by molar-refractivity contribution is 0.142. The van der Waals surface area contributed by atoms with Crippen LogP contribution < -0.4 is 0 Å². The van der Waals surface area contributed by atoms with Gasteiger partial charge in [-0.1, -0.05) is 27.2 Å². The molecule has 0 aliphatic carbocycles. The lowest BCUT2D eigenvalue weighted by atomic mass is 10.1. The van der Waals surface area contributed by atoms with E-state index in [0.29, 0.717) is 12.3 Å². The van der Waals surface area contributed by atoms with Crippen molar-refractivity contribution in [1.82, 2.24) is 4.57 Å². The SMILES string of the molecule is CCCCOC(=O)n1c(O)cc(O)c1C(C)C. The summed E-state index contributed by atoms with van der Waals surface area (Å²) in [5.41, 5.74) is 0.365. The lowest BCUT2D eigenvalue weighted by Crippen LogP contribution is -2.17. The zero-order valence-corrected chi connectivity index (χ0v) is 10.4. The number of unbranched alkanes of at least 4 members (excludes halogenated alkanes) is 1. The second-order valence-electron chi connectivity index (χ2n) is 4.23. The molecule has 0 unspecified atom stereocenters. The van der Waals surface area contributed by atoms with Gasteiger partial charge in [0.05, 0.1) is 12.3 Å². The molecule has 0 fully saturated rings. The Kier molecular flexibility index (Phi) is 4.43. The normalized spacial score (nSPS) is 10.8. The van der Waals surface area contributed by atoms with Crippen molar-refractivity contribution in [1.29, 1.82) is 0 Å². The summed E-state index contributed by atoms with van der Waals surface area (Å²) in [6.07, 6.45) is 1.05. The quantitative estimate of drug-likeness (QED) is 0.795. The van der Waals surface area contributed by atoms with Gasteiger partial charge in [-0.2, -0.15) is 0 Å². The van der Waals surface area contributed by atoms with Gasteiger partial charge in [0.1, 0.15) is 5.75 Å². The highest BCUT2D eigenvalue weighted by atomic mass is 16.6. The molecule has 0 amide bonds. The summed E-state index contributed by atoms with van der Waals surface area (Å²) in [6.45, 7) is 5.95. The van der Waals surface area contributed by atoms with Crippen LogP contribution in [0.4, 0.5) is 4.79 Å². The van der Waals surface area contributed by atoms with E-state index in [1.807, 2.05) is 20.8 Å². The van der Waals surface area contributed by atoms with Crippen LogP contribution in [0.2, 0.25) is 0 Å². The van der Waals surface area contributed by atoms with Crippen molar-refractivity contribution in [3.63, 3.8) is 0 Å². The van der Waals surface area contributed by atoms with Gasteiger partial charge in [0.25, 0.3) is 0 Å². The molecule has 5 heteroatoms. The van der Waals surface area contributed by atoms with Crippen LogP contribution in [0, 0.1) is 0 Å². The number of ether oxygens (including phenoxy) is 1. The predicted molar refractivity (Wildman–Crippen MR) is 63.5 cm³/mol. The number of carbonyl (C=O) groups excluding carboxylic acids is 1. The van der Waals surface area contributed by atoms with E-state index >= 15 is 0 Å². The minimum Gasteiger partial charge on any atom is -0.506 e. The molecule has 0 radical (unpaired) electrons. The third-order valence-electron chi connectivity index (χ3n) is 2.45. The highest BCUT2D eigenvalue weighted by Gasteiger charge is 2.22. The zero-order chi connectivity index (χ0) is 13.0. The second-order valence-corrected chi connectivity index (χ2v) is 4.23. The van der Waals surface area contributed by atoms with Crippen LogP contribution in [0.5, 0.6) is 11.6 Å². The summed E-state index contributed by atoms with van der Waals surface area (Å²) < 4.78 is 6.02. The van der Waals surface area contributed by atoms with Gasteiger partial charge < -0.3 is 14.9 Å². The van der Waals surface area contributed by atoms with Crippen molar-refractivity contribution in [3.05, 3.63) is 11.8 Å². The van der Waals surface area contributed by atoms with Crippen molar-refractivity contribution in [2.45, 2.75) is 39.5 Å². The first-order valence-corrected chi connectivity index (χ1v) is 5.79. The Morgan fingerprint density at radius 2 is 2.12 bits per heavy atom. The molecule has 0 aliphatic heterocycles. The summed E-state index contributed by atoms with van der Waals surface area (Å²) >= 11 is 0. The summed E-state index contributed by atoms with van der Waals surface area (Å²) in [7, 11) is 0. The number of hydrogen-bond acceptors (Lipinski definition) is 4. The van der Waals surface area contributed by atoms with Crippen molar-refractivity contribution >= 4 is 6.09 Å². The topological polar surface area (TPSA) is 71.7 Å². The van der Waals surface area contributed by atoms with E-state index in [0.717, 1.165) is 23.5 Å². The summed E-state index contributed by atoms with van der Waals surface area (Å²) in [5.74, 6) is -0.479. The molecular weight excluding hydrogens is 222 g/mol. The minimum atomic E-state index is -0.653. The molecule has 0 saturated heterocycles. The maximum absolute atomic E-state index is 11.7. The van der Waals surface area contributed by atoms with Gasteiger partial charge in [-0.15, -0.1) is 0 Å². The second kappa shape index (κ2) is 5.61. The van der Waals surface area contributed by atoms with Gasteiger partial charge in [0.15, 0.2) is 0 Å². The Labute approximate surface area is 101 Å². The molecule has 1 heterocycles. The summed E-state index contributed by atoms with van der Waals surface area (Å²) in [4.78, 5) is 11.7. The molecule has 0 spiro atoms. The number of aromatic hydroxyl groups is 2. The Hall–Kier alpha value is -1.65. The molecule has 0 aliphatic rings. The van der Waals surface area contributed by atoms with Crippen molar-refractivity contribution in [3.8, 4) is 11.6 Å². The van der Waals surface area contributed by atoms with Gasteiger partial charge in [0, 0.05) is 6.07 Å². The molecule has 17 heavy (non-hydrogen) atoms. The Balaban J connectivity index is 2.92. The fourth-order valence-corrected chi connectivity index (χ4v) is 1.61. The third kappa shape index (κ3) is 2.93. The van der Waals surface area contributed by atoms with Gasteiger partial charge in [-0.3, -0.25) is 0 Å². The molecule has 1 rings (SSSR count). The highest BCUT2D eigenvalue weighted by Crippen LogP contribution is 2.32. The van der Waals surface area contributed by atoms with E-state index in [1.54, 1.807) is 0 Å². The first-order valence-electron chi connectivity index (χ1n) is 5.79. The Morgan fingerprint density at radius 3 is 2.65 bits per heavy atom. The van der Waals surface area contributed by atoms with E-state index in [4.69, 9.17) is 4.74 Å². The molecule has 2 N–H and O–H groups in total. The highest BCUT2D eigenvalue weighted by molar-refractivity contribution is 5.75. The summed E-state index contributed by atoms with van der Waals surface area (Å²) in [5, 5.41) is 19.2. The van der Waals surface area contributed by atoms with E-state index < -0.39 is 6.09 Å². The van der Waals surface area contributed by atoms with Gasteiger partial charge in [-0.25, -0.2) is 9.36 Å². The van der Waals surface area contributed by atoms with Gasteiger partial charge in [0.2, 0.25) is 5.88 Å². The molecule has 0 saturated carbocycles. The van der Waals surface area contributed by atoms with Crippen LogP contribution in [0.15, 0.2) is 6.07 Å². The minimum absolute atomic E-state index is 0.0883. The smallest absolute Gasteiger partial charge is 0.421 e. The van der Waals surface area contributed by atoms with Crippen LogP contribution in [0.1, 0.15) is 45.2 Å². The third-order valence-corrected chi connectivity index (χ3v) is 2.45. The maximum atomic E-state index is 11.7. The number of nitrogens with zero attached hydrogens (tertiary/aromatic N) is 1. The number of rotatable bonds is 4. The Morgan fingerprint density at radius 1 is 1.47 bits per heavy atom. The van der Waals surface area contributed by atoms with Crippen molar-refractivity contribution in [2.24, 2.45) is 0 Å². The first-order chi connectivity index (χ1) is 7.99. The average molecular weight is 241 g/mol. The Bertz CT molecular complexity index is 395. The van der Waals surface area contributed by atoms with Crippen LogP contribution in [-0.2, 0) is 4.74 Å². The van der Waals surface area contributed by atoms with Gasteiger partial charge >= 0.3 is 6.09 Å². The molecule has 96 valence electrons. The van der Waals surface area contributed by atoms with Crippen LogP contribution in [0.25, 0.3) is 0 Å². The largest absolute Gasteiger partial charge is 0.506 e. The molecule has 5 nitrogen and oxygen atoms in total. The van der Waals surface area contributed by atoms with E-state index in [1.165, 1.54) is 0 Å². The number of aromatic nitrogens is 1. The van der Waals surface area contributed by atoms with E-state index in [-0.39, 0.29) is 17.5 Å². The molecule has 0 atom stereocenters. The first kappa shape index (κ1) is 13.4. The van der Waals surface area contributed by atoms with Crippen molar-refractivity contribution < 1.29 is 19.7 Å². The van der Waals surface area contributed by atoms with Crippen LogP contribution in [0.3, 0.4) is 0 Å². The predicted octanol–water partition coefficient (Wildman–Crippen LogP) is 2.81. The molecule has 1 aromatic heterocycles. The molecule has 0 aromatic carbocycles. The standard InChI is InChI=1S/C12H19NO4/c1-4-5-6-17-12(16)13-10(15)7-9(14)11(13)8(2)3/h7-8,14-15H,4-6H2,1-3H3. The molecular formula is C12H19NO4. The molecule has 0 bridgehead atoms. The fraction of sp³-hybridized carbons (Fsp3) is 0.583. The molecule has 1 aromatic rings. The monoisotopic (exact) mass is 241 g/mol. The van der Waals surface area contributed by atoms with Crippen LogP contribution >= 0.6 is 0 Å². The van der Waals surface area contributed by atoms with Crippen LogP contribution in [-0.4, -0.2) is 27.5 Å². The number of hydrogen-bond donors (Lipinski definition) is 2. The average Bonchev–Trinajstić information content (AvgIpc) is 2.53. The van der Waals surface area contributed by atoms with Gasteiger partial charge in [-0.05, 0) is 12.3 Å². The zero-order valence-electron chi connectivity index (χ0n) is 10.4. The van der Waals surface area contributed by atoms with E-state index in [9.17, 15) is 15.0 Å². The number of carbonyl (C=O) groups is 1. The van der Waals surface area contributed by atoms with E-state index in [2.05, 4.69) is 0 Å². The lowest BCUT2D eigenvalue weighted by Gasteiger charge is -2.12. The fourth-order valence-electron chi connectivity index (χ4n) is 1.61. The van der Waals surface area contributed by atoms with Crippen molar-refractivity contribution in [2.75, 3.05) is 6.61 Å². The maximum Gasteiger partial charge on any atom is 0.421 e.